The zero-order chi connectivity index (χ0) is 15.4. The van der Waals surface area contributed by atoms with Crippen LogP contribution in [0.1, 0.15) is 12.8 Å². The van der Waals surface area contributed by atoms with Crippen molar-refractivity contribution in [1.29, 1.82) is 0 Å². The van der Waals surface area contributed by atoms with Gasteiger partial charge in [0.15, 0.2) is 0 Å². The molecule has 0 atom stereocenters. The number of anilines is 4. The maximum Gasteiger partial charge on any atom is 0.128 e. The van der Waals surface area contributed by atoms with E-state index >= 15 is 0 Å². The number of aromatic nitrogens is 1. The highest BCUT2D eigenvalue weighted by atomic mass is 15.2. The van der Waals surface area contributed by atoms with E-state index in [2.05, 4.69) is 38.7 Å². The Balaban J connectivity index is 1.59. The molecule has 1 aromatic heterocycles. The van der Waals surface area contributed by atoms with Gasteiger partial charge in [-0.2, -0.15) is 0 Å². The zero-order valence-electron chi connectivity index (χ0n) is 12.9. The lowest BCUT2D eigenvalue weighted by molar-refractivity contribution is 0.524. The van der Waals surface area contributed by atoms with Crippen LogP contribution in [-0.2, 0) is 0 Å². The highest BCUT2D eigenvalue weighted by molar-refractivity contribution is 5.68. The molecule has 0 aliphatic carbocycles. The van der Waals surface area contributed by atoms with Gasteiger partial charge in [0.05, 0.1) is 23.3 Å². The van der Waals surface area contributed by atoms with Gasteiger partial charge in [-0.1, -0.05) is 12.1 Å². The van der Waals surface area contributed by atoms with Crippen molar-refractivity contribution in [2.45, 2.75) is 18.9 Å². The number of piperidine rings is 1. The van der Waals surface area contributed by atoms with Crippen molar-refractivity contribution in [3.8, 4) is 0 Å². The monoisotopic (exact) mass is 297 g/mol. The number of pyridine rings is 1. The van der Waals surface area contributed by atoms with Gasteiger partial charge in [-0.3, -0.25) is 0 Å². The second kappa shape index (κ2) is 6.56. The minimum absolute atomic E-state index is 0.500. The minimum atomic E-state index is 0.500. The number of hydrogen-bond donors (Lipinski definition) is 3. The van der Waals surface area contributed by atoms with Gasteiger partial charge in [0.1, 0.15) is 5.82 Å². The maximum absolute atomic E-state index is 5.69. The summed E-state index contributed by atoms with van der Waals surface area (Å²) in [6.07, 6.45) is 3.93. The topological polar surface area (TPSA) is 66.2 Å². The molecule has 1 aliphatic rings. The molecule has 1 fully saturated rings. The summed E-state index contributed by atoms with van der Waals surface area (Å²) in [7, 11) is 1.95. The molecule has 3 rings (SSSR count). The molecule has 1 saturated heterocycles. The molecule has 2 aromatic rings. The number of rotatable bonds is 4. The average molecular weight is 297 g/mol. The van der Waals surface area contributed by atoms with E-state index in [1.54, 1.807) is 6.20 Å². The fraction of sp³-hybridized carbons (Fsp3) is 0.353. The summed E-state index contributed by atoms with van der Waals surface area (Å²) >= 11 is 0. The van der Waals surface area contributed by atoms with E-state index in [9.17, 15) is 0 Å². The first-order valence-electron chi connectivity index (χ1n) is 7.76. The molecule has 0 saturated carbocycles. The molecule has 2 heterocycles. The van der Waals surface area contributed by atoms with E-state index in [0.717, 1.165) is 37.4 Å². The van der Waals surface area contributed by atoms with Crippen molar-refractivity contribution in [2.75, 3.05) is 41.4 Å². The number of nitrogens with two attached hydrogens (primary N) is 1. The van der Waals surface area contributed by atoms with Gasteiger partial charge in [0.2, 0.25) is 0 Å². The number of benzene rings is 1. The minimum Gasteiger partial charge on any atom is -0.397 e. The van der Waals surface area contributed by atoms with Gasteiger partial charge in [-0.05, 0) is 37.1 Å². The van der Waals surface area contributed by atoms with Crippen LogP contribution in [0.25, 0.3) is 0 Å². The van der Waals surface area contributed by atoms with Crippen molar-refractivity contribution in [3.63, 3.8) is 0 Å². The first-order chi connectivity index (χ1) is 10.8. The molecule has 0 bridgehead atoms. The molecular formula is C17H23N5. The van der Waals surface area contributed by atoms with Gasteiger partial charge >= 0.3 is 0 Å². The second-order valence-corrected chi connectivity index (χ2v) is 5.65. The quantitative estimate of drug-likeness (QED) is 0.810. The molecule has 0 amide bonds. The van der Waals surface area contributed by atoms with Crippen LogP contribution < -0.4 is 21.3 Å². The molecule has 0 unspecified atom stereocenters. The third-order valence-corrected chi connectivity index (χ3v) is 4.15. The molecule has 116 valence electrons. The molecule has 0 spiro atoms. The largest absolute Gasteiger partial charge is 0.397 e. The van der Waals surface area contributed by atoms with Gasteiger partial charge in [0.25, 0.3) is 0 Å². The summed E-state index contributed by atoms with van der Waals surface area (Å²) in [5.41, 5.74) is 8.73. The maximum atomic E-state index is 5.69. The van der Waals surface area contributed by atoms with Gasteiger partial charge in [-0.15, -0.1) is 0 Å². The highest BCUT2D eigenvalue weighted by Gasteiger charge is 2.20. The Hall–Kier alpha value is -2.43. The van der Waals surface area contributed by atoms with E-state index in [0.29, 0.717) is 11.7 Å². The molecule has 22 heavy (non-hydrogen) atoms. The highest BCUT2D eigenvalue weighted by Crippen LogP contribution is 2.25. The number of hydrogen-bond acceptors (Lipinski definition) is 5. The van der Waals surface area contributed by atoms with Crippen molar-refractivity contribution in [3.05, 3.63) is 42.6 Å². The van der Waals surface area contributed by atoms with E-state index < -0.39 is 0 Å². The van der Waals surface area contributed by atoms with Crippen LogP contribution in [0, 0.1) is 0 Å². The second-order valence-electron chi connectivity index (χ2n) is 5.65. The number of nitrogens with one attached hydrogen (secondary N) is 2. The Bertz CT molecular complexity index is 603. The van der Waals surface area contributed by atoms with Crippen LogP contribution in [0.3, 0.4) is 0 Å². The third kappa shape index (κ3) is 3.24. The van der Waals surface area contributed by atoms with Crippen LogP contribution in [-0.4, -0.2) is 31.2 Å². The summed E-state index contributed by atoms with van der Waals surface area (Å²) in [6, 6.07) is 12.7. The van der Waals surface area contributed by atoms with Crippen molar-refractivity contribution < 1.29 is 0 Å². The Kier molecular flexibility index (Phi) is 4.32. The van der Waals surface area contributed by atoms with Crippen LogP contribution in [0.4, 0.5) is 22.9 Å². The Morgan fingerprint density at radius 2 is 1.82 bits per heavy atom. The first-order valence-corrected chi connectivity index (χ1v) is 7.76. The Morgan fingerprint density at radius 1 is 1.09 bits per heavy atom. The summed E-state index contributed by atoms with van der Waals surface area (Å²) in [6.45, 7) is 2.02. The predicted molar refractivity (Wildman–Crippen MR) is 93.5 cm³/mol. The summed E-state index contributed by atoms with van der Waals surface area (Å²) in [5.74, 6) is 1.02. The van der Waals surface area contributed by atoms with Crippen LogP contribution in [0.5, 0.6) is 0 Å². The van der Waals surface area contributed by atoms with Crippen molar-refractivity contribution in [2.24, 2.45) is 0 Å². The number of nitrogen functional groups attached to an aromatic ring is 1. The van der Waals surface area contributed by atoms with E-state index in [4.69, 9.17) is 5.73 Å². The fourth-order valence-corrected chi connectivity index (χ4v) is 2.88. The summed E-state index contributed by atoms with van der Waals surface area (Å²) in [5, 5.41) is 6.88. The number of nitrogens with zero attached hydrogens (tertiary/aromatic N) is 2. The smallest absolute Gasteiger partial charge is 0.128 e. The fourth-order valence-electron chi connectivity index (χ4n) is 2.88. The molecule has 0 radical (unpaired) electrons. The normalized spacial score (nSPS) is 15.6. The van der Waals surface area contributed by atoms with Crippen molar-refractivity contribution in [1.82, 2.24) is 4.98 Å². The molecule has 4 N–H and O–H groups in total. The SMILES string of the molecule is CNc1ccccc1NC1CCN(c2ccc(N)cn2)CC1. The lowest BCUT2D eigenvalue weighted by Gasteiger charge is -2.34. The van der Waals surface area contributed by atoms with Gasteiger partial charge in [-0.25, -0.2) is 4.98 Å². The lowest BCUT2D eigenvalue weighted by atomic mass is 10.0. The third-order valence-electron chi connectivity index (χ3n) is 4.15. The van der Waals surface area contributed by atoms with Crippen LogP contribution in [0.2, 0.25) is 0 Å². The Morgan fingerprint density at radius 3 is 2.45 bits per heavy atom. The van der Waals surface area contributed by atoms with Crippen molar-refractivity contribution >= 4 is 22.9 Å². The first kappa shape index (κ1) is 14.5. The Labute approximate surface area is 131 Å². The molecule has 1 aromatic carbocycles. The van der Waals surface area contributed by atoms with Gasteiger partial charge in [0, 0.05) is 26.2 Å². The lowest BCUT2D eigenvalue weighted by Crippen LogP contribution is -2.39. The van der Waals surface area contributed by atoms with E-state index in [1.807, 2.05) is 25.2 Å². The van der Waals surface area contributed by atoms with Gasteiger partial charge < -0.3 is 21.3 Å². The van der Waals surface area contributed by atoms with E-state index in [1.165, 1.54) is 5.69 Å². The van der Waals surface area contributed by atoms with Crippen LogP contribution in [0.15, 0.2) is 42.6 Å². The summed E-state index contributed by atoms with van der Waals surface area (Å²) < 4.78 is 0. The molecule has 1 aliphatic heterocycles. The number of para-hydroxylation sites is 2. The zero-order valence-corrected chi connectivity index (χ0v) is 12.9. The molecule has 5 heteroatoms. The van der Waals surface area contributed by atoms with E-state index in [-0.39, 0.29) is 0 Å². The molecular weight excluding hydrogens is 274 g/mol. The van der Waals surface area contributed by atoms with Crippen LogP contribution >= 0.6 is 0 Å². The molecule has 5 nitrogen and oxygen atoms in total. The summed E-state index contributed by atoms with van der Waals surface area (Å²) in [4.78, 5) is 6.73. The standard InChI is InChI=1S/C17H23N5/c1-19-15-4-2-3-5-16(15)21-14-8-10-22(11-9-14)17-7-6-13(18)12-20-17/h2-7,12,14,19,21H,8-11,18H2,1H3. The average Bonchev–Trinajstić information content (AvgIpc) is 2.57. The predicted octanol–water partition coefficient (Wildman–Crippen LogP) is 2.79.